The van der Waals surface area contributed by atoms with Crippen molar-refractivity contribution < 1.29 is 9.53 Å². The van der Waals surface area contributed by atoms with Crippen LogP contribution in [0.25, 0.3) is 0 Å². The molecule has 5 heteroatoms. The van der Waals surface area contributed by atoms with Crippen LogP contribution in [0.4, 0.5) is 0 Å². The van der Waals surface area contributed by atoms with Crippen LogP contribution in [0.2, 0.25) is 0 Å². The second kappa shape index (κ2) is 6.84. The van der Waals surface area contributed by atoms with Crippen LogP contribution in [-0.4, -0.2) is 19.3 Å². The van der Waals surface area contributed by atoms with E-state index in [9.17, 15) is 4.79 Å². The van der Waals surface area contributed by atoms with E-state index in [0.717, 1.165) is 5.56 Å². The molecule has 0 heterocycles. The molecule has 0 amide bonds. The first-order valence-corrected chi connectivity index (χ1v) is 4.17. The summed E-state index contributed by atoms with van der Waals surface area (Å²) >= 11 is 0. The Morgan fingerprint density at radius 3 is 2.93 bits per heavy atom. The zero-order chi connectivity index (χ0) is 10.4. The van der Waals surface area contributed by atoms with Crippen molar-refractivity contribution in [1.82, 2.24) is 0 Å². The molecular weight excluding hydrogens is 216 g/mol. The predicted octanol–water partition coefficient (Wildman–Crippen LogP) is 1.38. The molecule has 0 spiro atoms. The zero-order valence-electron chi connectivity index (χ0n) is 8.34. The molecule has 0 aliphatic heterocycles. The van der Waals surface area contributed by atoms with Gasteiger partial charge in [0.05, 0.1) is 12.7 Å². The molecule has 0 aliphatic rings. The average molecular weight is 229 g/mol. The van der Waals surface area contributed by atoms with Gasteiger partial charge in [0, 0.05) is 12.6 Å². The molecule has 0 aliphatic carbocycles. The molecule has 0 saturated heterocycles. The molecule has 0 radical (unpaired) electrons. The number of methoxy groups -OCH3 is 1. The number of nitrogens with zero attached hydrogens (tertiary/aromatic N) is 1. The van der Waals surface area contributed by atoms with Crippen LogP contribution in [0.3, 0.4) is 0 Å². The molecule has 0 saturated carbocycles. The second-order valence-corrected chi connectivity index (χ2v) is 2.73. The normalized spacial score (nSPS) is 9.67. The summed E-state index contributed by atoms with van der Waals surface area (Å²) in [6.07, 6.45) is 2.19. The van der Waals surface area contributed by atoms with Crippen LogP contribution in [0, 0.1) is 0 Å². The zero-order valence-corrected chi connectivity index (χ0v) is 9.16. The van der Waals surface area contributed by atoms with E-state index in [1.54, 1.807) is 24.4 Å². The Kier molecular flexibility index (Phi) is 6.13. The van der Waals surface area contributed by atoms with Crippen LogP contribution < -0.4 is 5.84 Å². The molecule has 0 atom stereocenters. The summed E-state index contributed by atoms with van der Waals surface area (Å²) < 4.78 is 4.60. The van der Waals surface area contributed by atoms with Gasteiger partial charge in [-0.2, -0.15) is 5.10 Å². The van der Waals surface area contributed by atoms with Gasteiger partial charge >= 0.3 is 5.97 Å². The molecule has 1 rings (SSSR count). The van der Waals surface area contributed by atoms with Crippen LogP contribution in [-0.2, 0) is 11.2 Å². The summed E-state index contributed by atoms with van der Waals surface area (Å²) in [5.41, 5.74) is 1.51. The summed E-state index contributed by atoms with van der Waals surface area (Å²) in [5.74, 6) is 4.64. The Hall–Kier alpha value is -1.55. The minimum Gasteiger partial charge on any atom is -0.465 e. The quantitative estimate of drug-likeness (QED) is 0.368. The minimum absolute atomic E-state index is 0. The van der Waals surface area contributed by atoms with E-state index < -0.39 is 0 Å². The highest BCUT2D eigenvalue weighted by Gasteiger charge is 2.04. The largest absolute Gasteiger partial charge is 0.465 e. The summed E-state index contributed by atoms with van der Waals surface area (Å²) in [7, 11) is 1.36. The fourth-order valence-corrected chi connectivity index (χ4v) is 1.10. The maximum atomic E-state index is 11.2. The van der Waals surface area contributed by atoms with E-state index in [4.69, 9.17) is 5.84 Å². The molecule has 4 nitrogen and oxygen atoms in total. The number of hydrogen-bond donors (Lipinski definition) is 1. The number of esters is 1. The third-order valence-electron chi connectivity index (χ3n) is 1.78. The first-order valence-electron chi connectivity index (χ1n) is 4.17. The fraction of sp³-hybridized carbons (Fsp3) is 0.200. The first kappa shape index (κ1) is 13.4. The van der Waals surface area contributed by atoms with Crippen molar-refractivity contribution in [3.63, 3.8) is 0 Å². The monoisotopic (exact) mass is 228 g/mol. The van der Waals surface area contributed by atoms with Gasteiger partial charge in [-0.3, -0.25) is 0 Å². The molecule has 0 aromatic heterocycles. The Morgan fingerprint density at radius 2 is 2.33 bits per heavy atom. The first-order chi connectivity index (χ1) is 6.77. The number of nitrogens with two attached hydrogens (primary N) is 1. The van der Waals surface area contributed by atoms with Crippen LogP contribution >= 0.6 is 12.4 Å². The molecule has 1 aromatic carbocycles. The van der Waals surface area contributed by atoms with Crippen molar-refractivity contribution in [2.24, 2.45) is 10.9 Å². The van der Waals surface area contributed by atoms with Gasteiger partial charge in [-0.05, 0) is 17.7 Å². The van der Waals surface area contributed by atoms with E-state index in [2.05, 4.69) is 9.84 Å². The number of benzene rings is 1. The van der Waals surface area contributed by atoms with Crippen molar-refractivity contribution in [3.05, 3.63) is 35.4 Å². The number of carbonyl (C=O) groups excluding carboxylic acids is 1. The van der Waals surface area contributed by atoms with Crippen molar-refractivity contribution in [2.45, 2.75) is 6.42 Å². The van der Waals surface area contributed by atoms with Gasteiger partial charge in [0.1, 0.15) is 0 Å². The van der Waals surface area contributed by atoms with Crippen molar-refractivity contribution in [2.75, 3.05) is 7.11 Å². The van der Waals surface area contributed by atoms with Crippen molar-refractivity contribution in [3.8, 4) is 0 Å². The summed E-state index contributed by atoms with van der Waals surface area (Å²) in [4.78, 5) is 11.2. The summed E-state index contributed by atoms with van der Waals surface area (Å²) in [6, 6.07) is 7.16. The molecule has 0 fully saturated rings. The lowest BCUT2D eigenvalue weighted by molar-refractivity contribution is 0.0600. The maximum absolute atomic E-state index is 11.2. The fourth-order valence-electron chi connectivity index (χ4n) is 1.10. The third-order valence-corrected chi connectivity index (χ3v) is 1.78. The standard InChI is InChI=1S/C10H12N2O2.ClH/c1-14-10(13)9-4-2-3-8(7-9)5-6-12-11;/h2-4,6-7H,5,11H2,1H3;1H. The van der Waals surface area contributed by atoms with E-state index in [-0.39, 0.29) is 18.4 Å². The van der Waals surface area contributed by atoms with E-state index >= 15 is 0 Å². The number of hydrazone groups is 1. The van der Waals surface area contributed by atoms with Crippen molar-refractivity contribution >= 4 is 24.6 Å². The number of hydrogen-bond acceptors (Lipinski definition) is 4. The van der Waals surface area contributed by atoms with Crippen LogP contribution in [0.5, 0.6) is 0 Å². The van der Waals surface area contributed by atoms with E-state index in [0.29, 0.717) is 12.0 Å². The molecule has 82 valence electrons. The van der Waals surface area contributed by atoms with Gasteiger partial charge in [-0.15, -0.1) is 12.4 Å². The smallest absolute Gasteiger partial charge is 0.337 e. The molecule has 2 N–H and O–H groups in total. The number of rotatable bonds is 3. The molecule has 1 aromatic rings. The van der Waals surface area contributed by atoms with Gasteiger partial charge in [-0.1, -0.05) is 12.1 Å². The lowest BCUT2D eigenvalue weighted by Crippen LogP contribution is -2.01. The van der Waals surface area contributed by atoms with Crippen molar-refractivity contribution in [1.29, 1.82) is 0 Å². The van der Waals surface area contributed by atoms with Gasteiger partial charge in [0.25, 0.3) is 0 Å². The lowest BCUT2D eigenvalue weighted by Gasteiger charge is -2.00. The SMILES string of the molecule is COC(=O)c1cccc(CC=NN)c1.Cl. The van der Waals surface area contributed by atoms with E-state index in [1.165, 1.54) is 7.11 Å². The number of ether oxygens (including phenoxy) is 1. The van der Waals surface area contributed by atoms with Crippen LogP contribution in [0.1, 0.15) is 15.9 Å². The molecule has 0 unspecified atom stereocenters. The van der Waals surface area contributed by atoms with Gasteiger partial charge in [-0.25, -0.2) is 4.79 Å². The molecule has 0 bridgehead atoms. The minimum atomic E-state index is -0.337. The van der Waals surface area contributed by atoms with E-state index in [1.807, 2.05) is 6.07 Å². The lowest BCUT2D eigenvalue weighted by atomic mass is 10.1. The Morgan fingerprint density at radius 1 is 1.60 bits per heavy atom. The maximum Gasteiger partial charge on any atom is 0.337 e. The topological polar surface area (TPSA) is 64.7 Å². The molecule has 15 heavy (non-hydrogen) atoms. The number of halogens is 1. The molecular formula is C10H13ClN2O2. The van der Waals surface area contributed by atoms with Gasteiger partial charge < -0.3 is 10.6 Å². The summed E-state index contributed by atoms with van der Waals surface area (Å²) in [5, 5.41) is 3.38. The Bertz CT molecular complexity index is 353. The summed E-state index contributed by atoms with van der Waals surface area (Å²) in [6.45, 7) is 0. The van der Waals surface area contributed by atoms with Crippen LogP contribution in [0.15, 0.2) is 29.4 Å². The second-order valence-electron chi connectivity index (χ2n) is 2.73. The highest BCUT2D eigenvalue weighted by atomic mass is 35.5. The number of carbonyl (C=O) groups is 1. The van der Waals surface area contributed by atoms with Gasteiger partial charge in [0.15, 0.2) is 0 Å². The predicted molar refractivity (Wildman–Crippen MR) is 61.4 cm³/mol. The Labute approximate surface area is 94.5 Å². The highest BCUT2D eigenvalue weighted by Crippen LogP contribution is 2.06. The third kappa shape index (κ3) is 3.99. The highest BCUT2D eigenvalue weighted by molar-refractivity contribution is 5.89. The Balaban J connectivity index is 0.00000196. The average Bonchev–Trinajstić information content (AvgIpc) is 2.25. The van der Waals surface area contributed by atoms with Gasteiger partial charge in [0.2, 0.25) is 0 Å².